The van der Waals surface area contributed by atoms with Crippen molar-refractivity contribution in [1.82, 2.24) is 9.47 Å². The molecule has 1 atom stereocenters. The van der Waals surface area contributed by atoms with Crippen LogP contribution in [0.4, 0.5) is 5.82 Å². The quantitative estimate of drug-likeness (QED) is 0.468. The third kappa shape index (κ3) is 4.82. The molecule has 1 fully saturated rings. The second kappa shape index (κ2) is 10.2. The van der Waals surface area contributed by atoms with E-state index in [4.69, 9.17) is 17.0 Å². The van der Waals surface area contributed by atoms with Crippen LogP contribution in [-0.4, -0.2) is 32.8 Å². The van der Waals surface area contributed by atoms with Crippen LogP contribution in [0.15, 0.2) is 34.0 Å². The van der Waals surface area contributed by atoms with Crippen LogP contribution in [-0.2, 0) is 18.4 Å². The number of carbonyl (C=O) groups excluding carboxylic acids is 1. The maximum Gasteiger partial charge on any atom is 0.270 e. The van der Waals surface area contributed by atoms with Crippen molar-refractivity contribution in [3.63, 3.8) is 0 Å². The summed E-state index contributed by atoms with van der Waals surface area (Å²) in [5.41, 5.74) is 1.78. The number of amides is 1. The van der Waals surface area contributed by atoms with Gasteiger partial charge in [0.2, 0.25) is 0 Å². The Hall–Kier alpha value is -3.09. The predicted octanol–water partition coefficient (Wildman–Crippen LogP) is 4.19. The fraction of sp³-hybridized carbons (Fsp3) is 0.333. The predicted molar refractivity (Wildman–Crippen MR) is 136 cm³/mol. The summed E-state index contributed by atoms with van der Waals surface area (Å²) in [6.07, 6.45) is 2.51. The lowest BCUT2D eigenvalue weighted by atomic mass is 10.0. The number of anilines is 1. The number of methoxy groups -OCH3 is 1. The van der Waals surface area contributed by atoms with E-state index < -0.39 is 5.56 Å². The summed E-state index contributed by atoms with van der Waals surface area (Å²) in [5.74, 6) is 1.12. The number of nitrogens with zero attached hydrogens (tertiary/aromatic N) is 3. The van der Waals surface area contributed by atoms with Gasteiger partial charge in [0, 0.05) is 25.2 Å². The molecule has 172 valence electrons. The highest BCUT2D eigenvalue weighted by Crippen LogP contribution is 2.36. The summed E-state index contributed by atoms with van der Waals surface area (Å²) in [4.78, 5) is 28.0. The van der Waals surface area contributed by atoms with Gasteiger partial charge in [0.1, 0.15) is 27.5 Å². The number of aromatic nitrogens is 1. The maximum absolute atomic E-state index is 13.1. The minimum absolute atomic E-state index is 0.00744. The van der Waals surface area contributed by atoms with E-state index in [0.717, 1.165) is 17.7 Å². The van der Waals surface area contributed by atoms with Crippen molar-refractivity contribution in [3.05, 3.63) is 61.8 Å². The number of hydrogen-bond donors (Lipinski definition) is 1. The normalized spacial score (nSPS) is 15.6. The van der Waals surface area contributed by atoms with Gasteiger partial charge in [-0.15, -0.1) is 0 Å². The molecule has 1 unspecified atom stereocenters. The second-order valence-corrected chi connectivity index (χ2v) is 9.42. The Labute approximate surface area is 203 Å². The van der Waals surface area contributed by atoms with Gasteiger partial charge in [-0.2, -0.15) is 5.26 Å². The smallest absolute Gasteiger partial charge is 0.270 e. The summed E-state index contributed by atoms with van der Waals surface area (Å²) in [7, 11) is 3.22. The number of ether oxygens (including phenoxy) is 1. The topological polar surface area (TPSA) is 87.4 Å². The lowest BCUT2D eigenvalue weighted by Crippen LogP contribution is -2.36. The van der Waals surface area contributed by atoms with Gasteiger partial charge < -0.3 is 10.1 Å². The van der Waals surface area contributed by atoms with Crippen LogP contribution in [0.1, 0.15) is 42.5 Å². The zero-order valence-electron chi connectivity index (χ0n) is 19.3. The lowest BCUT2D eigenvalue weighted by molar-refractivity contribution is -0.123. The first kappa shape index (κ1) is 24.6. The molecule has 7 nitrogen and oxygen atoms in total. The zero-order chi connectivity index (χ0) is 24.3. The molecule has 1 saturated heterocycles. The maximum atomic E-state index is 13.1. The average Bonchev–Trinajstić information content (AvgIpc) is 3.10. The highest BCUT2D eigenvalue weighted by atomic mass is 32.2. The third-order valence-electron chi connectivity index (χ3n) is 5.75. The van der Waals surface area contributed by atoms with Crippen molar-refractivity contribution < 1.29 is 9.53 Å². The van der Waals surface area contributed by atoms with Crippen LogP contribution in [0.3, 0.4) is 0 Å². The number of benzene rings is 1. The summed E-state index contributed by atoms with van der Waals surface area (Å²) < 4.78 is 7.12. The molecule has 1 amide bonds. The number of pyridine rings is 1. The second-order valence-electron chi connectivity index (χ2n) is 7.75. The molecule has 1 aromatic heterocycles. The molecule has 0 radical (unpaired) electrons. The minimum Gasteiger partial charge on any atom is -0.497 e. The van der Waals surface area contributed by atoms with E-state index in [-0.39, 0.29) is 17.5 Å². The van der Waals surface area contributed by atoms with Crippen LogP contribution in [0.5, 0.6) is 5.75 Å². The molecule has 3 rings (SSSR count). The highest BCUT2D eigenvalue weighted by Gasteiger charge is 2.35. The van der Waals surface area contributed by atoms with Gasteiger partial charge in [-0.05, 0) is 49.6 Å². The first-order valence-electron chi connectivity index (χ1n) is 10.5. The fourth-order valence-corrected chi connectivity index (χ4v) is 4.99. The molecule has 0 saturated carbocycles. The van der Waals surface area contributed by atoms with E-state index >= 15 is 0 Å². The number of nitriles is 1. The lowest BCUT2D eigenvalue weighted by Gasteiger charge is -2.21. The molecule has 0 spiro atoms. The van der Waals surface area contributed by atoms with E-state index in [9.17, 15) is 14.9 Å². The average molecular weight is 483 g/mol. The number of nitrogens with one attached hydrogen (secondary N) is 1. The molecule has 2 heterocycles. The Balaban J connectivity index is 2.06. The molecule has 0 aliphatic carbocycles. The van der Waals surface area contributed by atoms with E-state index in [1.54, 1.807) is 32.1 Å². The van der Waals surface area contributed by atoms with Crippen LogP contribution < -0.4 is 15.6 Å². The van der Waals surface area contributed by atoms with E-state index in [0.29, 0.717) is 32.7 Å². The minimum atomic E-state index is -0.392. The fourth-order valence-electron chi connectivity index (χ4n) is 3.55. The van der Waals surface area contributed by atoms with Crippen molar-refractivity contribution in [2.24, 2.45) is 7.05 Å². The number of hydrogen-bond acceptors (Lipinski definition) is 7. The monoisotopic (exact) mass is 482 g/mol. The Kier molecular flexibility index (Phi) is 7.61. The molecule has 2 aromatic rings. The molecule has 1 aromatic carbocycles. The molecular weight excluding hydrogens is 456 g/mol. The largest absolute Gasteiger partial charge is 0.497 e. The van der Waals surface area contributed by atoms with Crippen LogP contribution in [0.2, 0.25) is 0 Å². The van der Waals surface area contributed by atoms with Crippen molar-refractivity contribution in [1.29, 1.82) is 5.26 Å². The van der Waals surface area contributed by atoms with Crippen molar-refractivity contribution in [2.45, 2.75) is 39.8 Å². The van der Waals surface area contributed by atoms with Gasteiger partial charge >= 0.3 is 0 Å². The van der Waals surface area contributed by atoms with Gasteiger partial charge in [0.25, 0.3) is 11.5 Å². The molecule has 1 aliphatic rings. The Morgan fingerprint density at radius 2 is 1.97 bits per heavy atom. The Morgan fingerprint density at radius 1 is 1.30 bits per heavy atom. The number of rotatable bonds is 7. The van der Waals surface area contributed by atoms with Crippen molar-refractivity contribution in [2.75, 3.05) is 12.4 Å². The van der Waals surface area contributed by atoms with E-state index in [1.165, 1.54) is 16.3 Å². The van der Waals surface area contributed by atoms with Crippen LogP contribution in [0.25, 0.3) is 6.08 Å². The van der Waals surface area contributed by atoms with Crippen LogP contribution >= 0.6 is 24.0 Å². The van der Waals surface area contributed by atoms with Crippen LogP contribution in [0, 0.1) is 18.3 Å². The van der Waals surface area contributed by atoms with Gasteiger partial charge in [0.05, 0.1) is 12.0 Å². The molecule has 0 bridgehead atoms. The van der Waals surface area contributed by atoms with Gasteiger partial charge in [-0.1, -0.05) is 43.0 Å². The van der Waals surface area contributed by atoms with Gasteiger partial charge in [-0.3, -0.25) is 19.1 Å². The molecule has 1 aliphatic heterocycles. The summed E-state index contributed by atoms with van der Waals surface area (Å²) >= 11 is 6.68. The van der Waals surface area contributed by atoms with E-state index in [2.05, 4.69) is 5.32 Å². The Bertz CT molecular complexity index is 1230. The molecule has 33 heavy (non-hydrogen) atoms. The first-order chi connectivity index (χ1) is 15.7. The number of thiocarbonyl (C=S) groups is 1. The summed E-state index contributed by atoms with van der Waals surface area (Å²) in [6, 6.07) is 9.58. The first-order valence-corrected chi connectivity index (χ1v) is 11.7. The molecular formula is C24H26N4O3S2. The SMILES string of the molecule is CCC(C)N1C(=O)/C(=C\c2c(C)c(C#N)c(=O)n(C)c2NCc2ccc(OC)cc2)SC1=S. The summed E-state index contributed by atoms with van der Waals surface area (Å²) in [6.45, 7) is 6.13. The molecule has 1 N–H and O–H groups in total. The molecule has 9 heteroatoms. The summed E-state index contributed by atoms with van der Waals surface area (Å²) in [5, 5.41) is 12.9. The third-order valence-corrected chi connectivity index (χ3v) is 7.08. The van der Waals surface area contributed by atoms with Crippen molar-refractivity contribution >= 4 is 46.1 Å². The van der Waals surface area contributed by atoms with Gasteiger partial charge in [-0.25, -0.2) is 0 Å². The van der Waals surface area contributed by atoms with Gasteiger partial charge in [0.15, 0.2) is 0 Å². The van der Waals surface area contributed by atoms with Crippen molar-refractivity contribution in [3.8, 4) is 11.8 Å². The number of thioether (sulfide) groups is 1. The zero-order valence-corrected chi connectivity index (χ0v) is 20.9. The standard InChI is InChI=1S/C24H26N4O3S2/c1-6-14(2)28-23(30)20(33-24(28)32)11-18-15(3)19(12-25)22(29)27(4)21(18)26-13-16-7-9-17(31-5)10-8-16/h7-11,14,26H,6,13H2,1-5H3/b20-11+. The highest BCUT2D eigenvalue weighted by molar-refractivity contribution is 8.26. The van der Waals surface area contributed by atoms with E-state index in [1.807, 2.05) is 44.2 Å². The Morgan fingerprint density at radius 3 is 2.55 bits per heavy atom. The number of carbonyl (C=O) groups is 1.